The van der Waals surface area contributed by atoms with Crippen LogP contribution in [0.4, 0.5) is 5.69 Å². The van der Waals surface area contributed by atoms with Gasteiger partial charge in [-0.1, -0.05) is 12.6 Å². The van der Waals surface area contributed by atoms with Crippen LogP contribution in [0.2, 0.25) is 0 Å². The number of benzene rings is 1. The van der Waals surface area contributed by atoms with E-state index >= 15 is 0 Å². The van der Waals surface area contributed by atoms with E-state index in [1.165, 1.54) is 26.4 Å². The van der Waals surface area contributed by atoms with E-state index in [0.29, 0.717) is 5.69 Å². The highest BCUT2D eigenvalue weighted by atomic mass is 32.2. The van der Waals surface area contributed by atoms with Crippen molar-refractivity contribution in [1.82, 2.24) is 0 Å². The molecule has 1 aromatic carbocycles. The lowest BCUT2D eigenvalue weighted by molar-refractivity contribution is -0.0433. The lowest BCUT2D eigenvalue weighted by atomic mass is 10.3. The molecule has 1 aromatic rings. The molecule has 0 heterocycles. The highest BCUT2D eigenvalue weighted by molar-refractivity contribution is 7.94. The molecule has 1 rings (SSSR count). The van der Waals surface area contributed by atoms with Crippen molar-refractivity contribution < 1.29 is 18.1 Å². The van der Waals surface area contributed by atoms with E-state index in [1.54, 1.807) is 12.1 Å². The Morgan fingerprint density at radius 1 is 1.31 bits per heavy atom. The largest absolute Gasteiger partial charge is 0.252 e. The summed E-state index contributed by atoms with van der Waals surface area (Å²) in [6.07, 6.45) is 0. The highest BCUT2D eigenvalue weighted by Crippen LogP contribution is 2.20. The summed E-state index contributed by atoms with van der Waals surface area (Å²) >= 11 is 0. The second-order valence-electron chi connectivity index (χ2n) is 2.83. The van der Waals surface area contributed by atoms with Gasteiger partial charge in [0, 0.05) is 5.41 Å². The minimum atomic E-state index is -3.44. The molecule has 16 heavy (non-hydrogen) atoms. The molecule has 88 valence electrons. The molecule has 0 aliphatic rings. The monoisotopic (exact) mass is 243 g/mol. The zero-order valence-corrected chi connectivity index (χ0v) is 9.90. The predicted molar refractivity (Wildman–Crippen MR) is 60.3 cm³/mol. The highest BCUT2D eigenvalue weighted by Gasteiger charge is 2.12. The van der Waals surface area contributed by atoms with Gasteiger partial charge >= 0.3 is 0 Å². The van der Waals surface area contributed by atoms with Crippen LogP contribution in [0.5, 0.6) is 0 Å². The summed E-state index contributed by atoms with van der Waals surface area (Å²) in [5, 5.41) is 2.00. The molecule has 0 aromatic heterocycles. The Balaban J connectivity index is 3.18. The summed E-state index contributed by atoms with van der Waals surface area (Å²) in [7, 11) is -0.615. The molecule has 5 nitrogen and oxygen atoms in total. The maximum Gasteiger partial charge on any atom is 0.199 e. The molecule has 0 amide bonds. The Labute approximate surface area is 94.7 Å². The quantitative estimate of drug-likeness (QED) is 0.734. The van der Waals surface area contributed by atoms with Crippen molar-refractivity contribution in [2.75, 3.05) is 19.4 Å². The zero-order valence-electron chi connectivity index (χ0n) is 9.08. The number of hydrogen-bond donors (Lipinski definition) is 0. The number of nitrogens with zero attached hydrogens (tertiary/aromatic N) is 1. The molecule has 0 saturated carbocycles. The summed E-state index contributed by atoms with van der Waals surface area (Å²) in [5.74, 6) is 0. The van der Waals surface area contributed by atoms with E-state index in [4.69, 9.17) is 9.68 Å². The Hall–Kier alpha value is -1.37. The molecule has 0 aliphatic heterocycles. The van der Waals surface area contributed by atoms with Crippen LogP contribution in [0.15, 0.2) is 41.1 Å². The Morgan fingerprint density at radius 2 is 1.94 bits per heavy atom. The molecule has 0 saturated heterocycles. The van der Waals surface area contributed by atoms with Crippen LogP contribution in [0.3, 0.4) is 0 Å². The molecule has 0 fully saturated rings. The smallest absolute Gasteiger partial charge is 0.199 e. The molecule has 0 spiro atoms. The van der Waals surface area contributed by atoms with Crippen molar-refractivity contribution in [3.05, 3.63) is 36.3 Å². The normalized spacial score (nSPS) is 11.1. The van der Waals surface area contributed by atoms with Gasteiger partial charge in [0.2, 0.25) is 0 Å². The first kappa shape index (κ1) is 12.7. The van der Waals surface area contributed by atoms with Crippen molar-refractivity contribution in [2.24, 2.45) is 0 Å². The molecular formula is C10H13NO4S. The van der Waals surface area contributed by atoms with E-state index in [9.17, 15) is 8.42 Å². The van der Waals surface area contributed by atoms with Crippen molar-refractivity contribution >= 4 is 15.5 Å². The minimum Gasteiger partial charge on any atom is -0.252 e. The van der Waals surface area contributed by atoms with Crippen LogP contribution >= 0.6 is 0 Å². The van der Waals surface area contributed by atoms with Gasteiger partial charge in [-0.05, 0) is 18.2 Å². The number of sulfone groups is 1. The van der Waals surface area contributed by atoms with E-state index in [1.807, 2.05) is 0 Å². The molecule has 0 atom stereocenters. The molecule has 0 radical (unpaired) electrons. The van der Waals surface area contributed by atoms with Crippen LogP contribution in [-0.4, -0.2) is 22.6 Å². The second kappa shape index (κ2) is 5.11. The molecule has 0 aliphatic carbocycles. The van der Waals surface area contributed by atoms with Crippen molar-refractivity contribution in [1.29, 1.82) is 0 Å². The summed E-state index contributed by atoms with van der Waals surface area (Å²) in [6, 6.07) is 6.17. The van der Waals surface area contributed by atoms with Gasteiger partial charge in [-0.3, -0.25) is 9.68 Å². The third-order valence-electron chi connectivity index (χ3n) is 1.91. The van der Waals surface area contributed by atoms with Gasteiger partial charge in [0.25, 0.3) is 0 Å². The average Bonchev–Trinajstić information content (AvgIpc) is 2.31. The first-order valence-electron chi connectivity index (χ1n) is 4.41. The second-order valence-corrected chi connectivity index (χ2v) is 4.73. The maximum atomic E-state index is 11.5. The minimum absolute atomic E-state index is 0.138. The van der Waals surface area contributed by atoms with Crippen LogP contribution in [0.25, 0.3) is 0 Å². The number of hydrogen-bond acceptors (Lipinski definition) is 5. The van der Waals surface area contributed by atoms with Crippen molar-refractivity contribution in [2.45, 2.75) is 4.90 Å². The van der Waals surface area contributed by atoms with Crippen LogP contribution in [0, 0.1) is 0 Å². The van der Waals surface area contributed by atoms with Gasteiger partial charge in [-0.15, -0.1) is 5.23 Å². The van der Waals surface area contributed by atoms with Gasteiger partial charge in [0.15, 0.2) is 9.84 Å². The van der Waals surface area contributed by atoms with Crippen molar-refractivity contribution in [3.63, 3.8) is 0 Å². The fraction of sp³-hybridized carbons (Fsp3) is 0.200. The first-order chi connectivity index (χ1) is 7.55. The summed E-state index contributed by atoms with van der Waals surface area (Å²) in [6.45, 7) is 3.26. The summed E-state index contributed by atoms with van der Waals surface area (Å²) in [4.78, 5) is 9.89. The fourth-order valence-electron chi connectivity index (χ4n) is 1.16. The van der Waals surface area contributed by atoms with Crippen LogP contribution in [-0.2, 0) is 19.5 Å². The van der Waals surface area contributed by atoms with E-state index in [-0.39, 0.29) is 4.90 Å². The number of rotatable bonds is 5. The van der Waals surface area contributed by atoms with E-state index < -0.39 is 9.84 Å². The van der Waals surface area contributed by atoms with Gasteiger partial charge in [-0.2, -0.15) is 0 Å². The molecule has 0 bridgehead atoms. The van der Waals surface area contributed by atoms with Crippen LogP contribution < -0.4 is 5.23 Å². The topological polar surface area (TPSA) is 55.8 Å². The first-order valence-corrected chi connectivity index (χ1v) is 5.95. The Bertz CT molecular complexity index is 465. The Kier molecular flexibility index (Phi) is 4.05. The van der Waals surface area contributed by atoms with Crippen LogP contribution in [0.1, 0.15) is 0 Å². The Morgan fingerprint density at radius 3 is 2.44 bits per heavy atom. The molecule has 0 N–H and O–H groups in total. The predicted octanol–water partition coefficient (Wildman–Crippen LogP) is 1.53. The van der Waals surface area contributed by atoms with Gasteiger partial charge in [-0.25, -0.2) is 8.42 Å². The third-order valence-corrected chi connectivity index (χ3v) is 3.26. The third kappa shape index (κ3) is 2.60. The van der Waals surface area contributed by atoms with Gasteiger partial charge in [0.1, 0.15) is 0 Å². The van der Waals surface area contributed by atoms with Crippen molar-refractivity contribution in [3.8, 4) is 0 Å². The average molecular weight is 243 g/mol. The van der Waals surface area contributed by atoms with E-state index in [2.05, 4.69) is 6.58 Å². The van der Waals surface area contributed by atoms with Gasteiger partial charge in [0.05, 0.1) is 24.8 Å². The molecular weight excluding hydrogens is 230 g/mol. The zero-order chi connectivity index (χ0) is 12.2. The molecule has 6 heteroatoms. The SMILES string of the molecule is C=CS(=O)(=O)c1cccc(N(OC)OC)c1. The standard InChI is InChI=1S/C10H13NO4S/c1-4-16(12,13)10-7-5-6-9(8-10)11(14-2)15-3/h4-8H,1H2,2-3H3. The lowest BCUT2D eigenvalue weighted by Gasteiger charge is -2.18. The molecule has 0 unspecified atom stereocenters. The lowest BCUT2D eigenvalue weighted by Crippen LogP contribution is -2.19. The number of anilines is 1. The summed E-state index contributed by atoms with van der Waals surface area (Å²) in [5.41, 5.74) is 0.480. The summed E-state index contributed by atoms with van der Waals surface area (Å²) < 4.78 is 23.1. The maximum absolute atomic E-state index is 11.5. The van der Waals surface area contributed by atoms with Gasteiger partial charge < -0.3 is 0 Å². The van der Waals surface area contributed by atoms with E-state index in [0.717, 1.165) is 10.6 Å². The fourth-order valence-corrected chi connectivity index (χ4v) is 1.90.